The normalized spacial score (nSPS) is 9.50. The zero-order chi connectivity index (χ0) is 6.57. The van der Waals surface area contributed by atoms with Gasteiger partial charge in [-0.3, -0.25) is 5.41 Å². The SMILES string of the molecule is CC(=N)NCC(F)F. The molecule has 0 aliphatic heterocycles. The smallest absolute Gasteiger partial charge is 0.255 e. The maximum Gasteiger partial charge on any atom is 0.255 e. The van der Waals surface area contributed by atoms with Crippen LogP contribution in [0.15, 0.2) is 0 Å². The van der Waals surface area contributed by atoms with Crippen molar-refractivity contribution in [3.05, 3.63) is 0 Å². The van der Waals surface area contributed by atoms with Gasteiger partial charge in [0.05, 0.1) is 12.4 Å². The first-order valence-electron chi connectivity index (χ1n) is 2.20. The van der Waals surface area contributed by atoms with Crippen LogP contribution >= 0.6 is 0 Å². The van der Waals surface area contributed by atoms with Crippen molar-refractivity contribution in [3.63, 3.8) is 0 Å². The number of hydrogen-bond acceptors (Lipinski definition) is 1. The Kier molecular flexibility index (Phi) is 3.07. The lowest BCUT2D eigenvalue weighted by molar-refractivity contribution is 0.152. The maximum absolute atomic E-state index is 11.2. The Morgan fingerprint density at radius 2 is 2.25 bits per heavy atom. The Balaban J connectivity index is 3.05. The van der Waals surface area contributed by atoms with E-state index in [1.165, 1.54) is 6.92 Å². The number of hydrogen-bond donors (Lipinski definition) is 2. The average Bonchev–Trinajstić information content (AvgIpc) is 1.61. The van der Waals surface area contributed by atoms with Gasteiger partial charge in [-0.05, 0) is 6.92 Å². The van der Waals surface area contributed by atoms with E-state index in [2.05, 4.69) is 5.32 Å². The van der Waals surface area contributed by atoms with Gasteiger partial charge in [-0.2, -0.15) is 0 Å². The third-order valence-corrected chi connectivity index (χ3v) is 0.522. The molecule has 0 spiro atoms. The molecule has 8 heavy (non-hydrogen) atoms. The van der Waals surface area contributed by atoms with E-state index in [1.54, 1.807) is 0 Å². The minimum atomic E-state index is -2.37. The summed E-state index contributed by atoms with van der Waals surface area (Å²) in [6.07, 6.45) is -2.37. The van der Waals surface area contributed by atoms with Gasteiger partial charge in [0.15, 0.2) is 0 Å². The second-order valence-corrected chi connectivity index (χ2v) is 1.40. The van der Waals surface area contributed by atoms with Crippen LogP contribution in [0.25, 0.3) is 0 Å². The van der Waals surface area contributed by atoms with Crippen molar-refractivity contribution in [2.45, 2.75) is 13.3 Å². The largest absolute Gasteiger partial charge is 0.369 e. The maximum atomic E-state index is 11.2. The molecule has 0 fully saturated rings. The summed E-state index contributed by atoms with van der Waals surface area (Å²) in [5, 5.41) is 8.82. The van der Waals surface area contributed by atoms with Gasteiger partial charge in [0, 0.05) is 0 Å². The molecule has 0 atom stereocenters. The van der Waals surface area contributed by atoms with Crippen LogP contribution in [0.3, 0.4) is 0 Å². The molecule has 0 amide bonds. The van der Waals surface area contributed by atoms with E-state index in [9.17, 15) is 8.78 Å². The van der Waals surface area contributed by atoms with Gasteiger partial charge in [0.1, 0.15) is 0 Å². The van der Waals surface area contributed by atoms with Crippen molar-refractivity contribution >= 4 is 5.84 Å². The minimum absolute atomic E-state index is 0.0744. The van der Waals surface area contributed by atoms with Crippen LogP contribution in [0, 0.1) is 5.41 Å². The molecular weight excluding hydrogens is 114 g/mol. The highest BCUT2D eigenvalue weighted by atomic mass is 19.3. The van der Waals surface area contributed by atoms with E-state index < -0.39 is 13.0 Å². The van der Waals surface area contributed by atoms with Crippen molar-refractivity contribution in [1.29, 1.82) is 5.41 Å². The number of halogens is 2. The second-order valence-electron chi connectivity index (χ2n) is 1.40. The number of amidine groups is 1. The van der Waals surface area contributed by atoms with E-state index in [0.717, 1.165) is 0 Å². The molecule has 0 aromatic heterocycles. The molecule has 0 saturated carbocycles. The molecule has 0 saturated heterocycles. The van der Waals surface area contributed by atoms with Crippen molar-refractivity contribution < 1.29 is 8.78 Å². The lowest BCUT2D eigenvalue weighted by Crippen LogP contribution is -2.25. The third kappa shape index (κ3) is 5.33. The Morgan fingerprint density at radius 1 is 1.75 bits per heavy atom. The fourth-order valence-corrected chi connectivity index (χ4v) is 0.230. The Hall–Kier alpha value is -0.670. The first-order valence-corrected chi connectivity index (χ1v) is 2.20. The van der Waals surface area contributed by atoms with E-state index in [4.69, 9.17) is 5.41 Å². The molecule has 2 nitrogen and oxygen atoms in total. The first-order chi connectivity index (χ1) is 3.63. The summed E-state index contributed by atoms with van der Waals surface area (Å²) in [5.41, 5.74) is 0. The van der Waals surface area contributed by atoms with E-state index in [0.29, 0.717) is 0 Å². The predicted molar refractivity (Wildman–Crippen MR) is 27.4 cm³/mol. The lowest BCUT2D eigenvalue weighted by atomic mass is 10.6. The second kappa shape index (κ2) is 3.35. The standard InChI is InChI=1S/C4H8F2N2/c1-3(7)8-2-4(5)6/h4H,2H2,1H3,(H2,7,8). The zero-order valence-electron chi connectivity index (χ0n) is 4.54. The third-order valence-electron chi connectivity index (χ3n) is 0.522. The number of rotatable bonds is 2. The highest BCUT2D eigenvalue weighted by Gasteiger charge is 1.98. The van der Waals surface area contributed by atoms with Gasteiger partial charge < -0.3 is 5.32 Å². The summed E-state index contributed by atoms with van der Waals surface area (Å²) in [7, 11) is 0. The fourth-order valence-electron chi connectivity index (χ4n) is 0.230. The molecule has 0 aliphatic rings. The molecule has 0 aromatic rings. The molecule has 0 radical (unpaired) electrons. The summed E-state index contributed by atoms with van der Waals surface area (Å²) in [6.45, 7) is 0.998. The molecule has 0 bridgehead atoms. The van der Waals surface area contributed by atoms with Gasteiger partial charge in [0.2, 0.25) is 0 Å². The molecule has 0 unspecified atom stereocenters. The molecule has 48 valence electrons. The minimum Gasteiger partial charge on any atom is -0.369 e. The van der Waals surface area contributed by atoms with Crippen LogP contribution in [0.1, 0.15) is 6.92 Å². The molecule has 2 N–H and O–H groups in total. The van der Waals surface area contributed by atoms with Crippen molar-refractivity contribution in [1.82, 2.24) is 5.32 Å². The summed E-state index contributed by atoms with van der Waals surface area (Å²) in [5.74, 6) is 0.0744. The summed E-state index contributed by atoms with van der Waals surface area (Å²) < 4.78 is 22.5. The topological polar surface area (TPSA) is 35.9 Å². The van der Waals surface area contributed by atoms with Crippen LogP contribution in [0.2, 0.25) is 0 Å². The first kappa shape index (κ1) is 7.33. The molecule has 4 heteroatoms. The summed E-state index contributed by atoms with van der Waals surface area (Å²) >= 11 is 0. The highest BCUT2D eigenvalue weighted by Crippen LogP contribution is 1.86. The number of nitrogens with one attached hydrogen (secondary N) is 2. The highest BCUT2D eigenvalue weighted by molar-refractivity contribution is 5.75. The fraction of sp³-hybridized carbons (Fsp3) is 0.750. The van der Waals surface area contributed by atoms with Crippen LogP contribution in [0.4, 0.5) is 8.78 Å². The van der Waals surface area contributed by atoms with E-state index >= 15 is 0 Å². The molecule has 0 aliphatic carbocycles. The van der Waals surface area contributed by atoms with Crippen LogP contribution in [-0.2, 0) is 0 Å². The predicted octanol–water partition coefficient (Wildman–Crippen LogP) is 0.838. The monoisotopic (exact) mass is 122 g/mol. The van der Waals surface area contributed by atoms with Gasteiger partial charge in [-0.1, -0.05) is 0 Å². The quantitative estimate of drug-likeness (QED) is 0.413. The van der Waals surface area contributed by atoms with E-state index in [-0.39, 0.29) is 5.84 Å². The Labute approximate surface area is 46.4 Å². The molecule has 0 aromatic carbocycles. The van der Waals surface area contributed by atoms with Gasteiger partial charge in [0.25, 0.3) is 6.43 Å². The molecular formula is C4H8F2N2. The van der Waals surface area contributed by atoms with Gasteiger partial charge >= 0.3 is 0 Å². The zero-order valence-corrected chi connectivity index (χ0v) is 4.54. The van der Waals surface area contributed by atoms with Gasteiger partial charge in [-0.25, -0.2) is 8.78 Å². The van der Waals surface area contributed by atoms with Crippen LogP contribution in [-0.4, -0.2) is 18.8 Å². The molecule has 0 heterocycles. The van der Waals surface area contributed by atoms with Gasteiger partial charge in [-0.15, -0.1) is 0 Å². The van der Waals surface area contributed by atoms with Crippen molar-refractivity contribution in [3.8, 4) is 0 Å². The lowest BCUT2D eigenvalue weighted by Gasteiger charge is -1.99. The summed E-state index contributed by atoms with van der Waals surface area (Å²) in [4.78, 5) is 0. The van der Waals surface area contributed by atoms with Crippen molar-refractivity contribution in [2.24, 2.45) is 0 Å². The summed E-state index contributed by atoms with van der Waals surface area (Å²) in [6, 6.07) is 0. The Bertz CT molecular complexity index is 82.1. The van der Waals surface area contributed by atoms with Crippen molar-refractivity contribution in [2.75, 3.05) is 6.54 Å². The van der Waals surface area contributed by atoms with Crippen LogP contribution in [0.5, 0.6) is 0 Å². The molecule has 0 rings (SSSR count). The number of alkyl halides is 2. The van der Waals surface area contributed by atoms with E-state index in [1.807, 2.05) is 0 Å². The Morgan fingerprint density at radius 3 is 2.38 bits per heavy atom. The van der Waals surface area contributed by atoms with Crippen LogP contribution < -0.4 is 5.32 Å². The average molecular weight is 122 g/mol.